The molecule has 1 fully saturated rings. The lowest BCUT2D eigenvalue weighted by Gasteiger charge is -2.29. The van der Waals surface area contributed by atoms with Gasteiger partial charge in [-0.2, -0.15) is 0 Å². The number of alkyl halides is 3. The van der Waals surface area contributed by atoms with Gasteiger partial charge in [-0.1, -0.05) is 6.07 Å². The summed E-state index contributed by atoms with van der Waals surface area (Å²) >= 11 is 0. The number of nitrogens with one attached hydrogen (secondary N) is 1. The fourth-order valence-electron chi connectivity index (χ4n) is 1.80. The number of benzene rings is 1. The maximum atomic E-state index is 12.1. The van der Waals surface area contributed by atoms with Crippen LogP contribution >= 0.6 is 12.4 Å². The Morgan fingerprint density at radius 2 is 1.83 bits per heavy atom. The number of hydrogen-bond donors (Lipinski definition) is 1. The van der Waals surface area contributed by atoms with E-state index >= 15 is 0 Å². The number of halogens is 4. The lowest BCUT2D eigenvalue weighted by Crippen LogP contribution is -2.43. The Hall–Kier alpha value is -1.14. The molecule has 7 heteroatoms. The predicted molar refractivity (Wildman–Crippen MR) is 65.5 cm³/mol. The van der Waals surface area contributed by atoms with Crippen molar-refractivity contribution in [3.63, 3.8) is 0 Å². The summed E-state index contributed by atoms with van der Waals surface area (Å²) in [4.78, 5) is 2.03. The van der Waals surface area contributed by atoms with Gasteiger partial charge in [-0.05, 0) is 12.1 Å². The van der Waals surface area contributed by atoms with Gasteiger partial charge in [-0.25, -0.2) is 0 Å². The van der Waals surface area contributed by atoms with Gasteiger partial charge in [0, 0.05) is 37.9 Å². The Balaban J connectivity index is 0.00000162. The molecule has 0 bridgehead atoms. The predicted octanol–water partition coefficient (Wildman–Crippen LogP) is 2.42. The van der Waals surface area contributed by atoms with Gasteiger partial charge in [0.05, 0.1) is 0 Å². The highest BCUT2D eigenvalue weighted by molar-refractivity contribution is 5.85. The second kappa shape index (κ2) is 6.15. The number of nitrogens with zero attached hydrogens (tertiary/aromatic N) is 1. The van der Waals surface area contributed by atoms with E-state index in [0.29, 0.717) is 0 Å². The Labute approximate surface area is 109 Å². The zero-order valence-corrected chi connectivity index (χ0v) is 10.4. The minimum absolute atomic E-state index is 0. The molecular formula is C11H14ClF3N2O. The molecule has 0 atom stereocenters. The average Bonchev–Trinajstić information content (AvgIpc) is 2.28. The van der Waals surface area contributed by atoms with E-state index in [-0.39, 0.29) is 18.2 Å². The zero-order chi connectivity index (χ0) is 12.3. The van der Waals surface area contributed by atoms with E-state index in [1.54, 1.807) is 12.1 Å². The van der Waals surface area contributed by atoms with Gasteiger partial charge in [0.25, 0.3) is 0 Å². The second-order valence-corrected chi connectivity index (χ2v) is 3.78. The smallest absolute Gasteiger partial charge is 0.406 e. The van der Waals surface area contributed by atoms with Crippen molar-refractivity contribution in [3.05, 3.63) is 24.3 Å². The minimum atomic E-state index is -4.64. The Kier molecular flexibility index (Phi) is 5.10. The standard InChI is InChI=1S/C11H13F3N2O.ClH/c12-11(13,14)17-10-3-1-2-9(8-10)16-6-4-15-5-7-16;/h1-3,8,15H,4-7H2;1H. The Morgan fingerprint density at radius 1 is 1.17 bits per heavy atom. The van der Waals surface area contributed by atoms with Gasteiger partial charge in [-0.15, -0.1) is 25.6 Å². The largest absolute Gasteiger partial charge is 0.573 e. The van der Waals surface area contributed by atoms with Crippen LogP contribution in [0.1, 0.15) is 0 Å². The van der Waals surface area contributed by atoms with Crippen molar-refractivity contribution in [2.75, 3.05) is 31.1 Å². The first-order valence-corrected chi connectivity index (χ1v) is 5.36. The first-order valence-electron chi connectivity index (χ1n) is 5.36. The van der Waals surface area contributed by atoms with Crippen LogP contribution in [0.15, 0.2) is 24.3 Å². The molecule has 0 aliphatic carbocycles. The summed E-state index contributed by atoms with van der Waals surface area (Å²) in [6.45, 7) is 3.25. The van der Waals surface area contributed by atoms with E-state index in [2.05, 4.69) is 10.1 Å². The van der Waals surface area contributed by atoms with Crippen LogP contribution in [-0.4, -0.2) is 32.5 Å². The van der Waals surface area contributed by atoms with E-state index in [1.165, 1.54) is 12.1 Å². The number of piperazine rings is 1. The van der Waals surface area contributed by atoms with E-state index in [0.717, 1.165) is 31.9 Å². The van der Waals surface area contributed by atoms with Crippen LogP contribution in [0.2, 0.25) is 0 Å². The van der Waals surface area contributed by atoms with Gasteiger partial charge in [0.15, 0.2) is 0 Å². The molecule has 0 aromatic heterocycles. The molecule has 1 N–H and O–H groups in total. The molecule has 1 heterocycles. The highest BCUT2D eigenvalue weighted by atomic mass is 35.5. The normalized spacial score (nSPS) is 16.1. The zero-order valence-electron chi connectivity index (χ0n) is 9.54. The van der Waals surface area contributed by atoms with Gasteiger partial charge in [0.2, 0.25) is 0 Å². The van der Waals surface area contributed by atoms with Crippen molar-refractivity contribution < 1.29 is 17.9 Å². The fourth-order valence-corrected chi connectivity index (χ4v) is 1.80. The summed E-state index contributed by atoms with van der Waals surface area (Å²) in [5, 5.41) is 3.18. The maximum absolute atomic E-state index is 12.1. The first-order chi connectivity index (χ1) is 8.04. The lowest BCUT2D eigenvalue weighted by atomic mass is 10.2. The number of hydrogen-bond acceptors (Lipinski definition) is 3. The number of ether oxygens (including phenoxy) is 1. The molecule has 1 aromatic rings. The fraction of sp³-hybridized carbons (Fsp3) is 0.455. The molecule has 1 aromatic carbocycles. The summed E-state index contributed by atoms with van der Waals surface area (Å²) in [6.07, 6.45) is -4.64. The molecule has 3 nitrogen and oxygen atoms in total. The van der Waals surface area contributed by atoms with Crippen LogP contribution in [0.25, 0.3) is 0 Å². The minimum Gasteiger partial charge on any atom is -0.406 e. The van der Waals surface area contributed by atoms with E-state index in [4.69, 9.17) is 0 Å². The third-order valence-electron chi connectivity index (χ3n) is 2.53. The molecule has 0 radical (unpaired) electrons. The van der Waals surface area contributed by atoms with Crippen molar-refractivity contribution in [1.29, 1.82) is 0 Å². The monoisotopic (exact) mass is 282 g/mol. The van der Waals surface area contributed by atoms with Crippen molar-refractivity contribution in [2.24, 2.45) is 0 Å². The average molecular weight is 283 g/mol. The van der Waals surface area contributed by atoms with Crippen LogP contribution in [0.4, 0.5) is 18.9 Å². The molecular weight excluding hydrogens is 269 g/mol. The van der Waals surface area contributed by atoms with E-state index in [9.17, 15) is 13.2 Å². The second-order valence-electron chi connectivity index (χ2n) is 3.78. The summed E-state index contributed by atoms with van der Waals surface area (Å²) < 4.78 is 40.1. The number of anilines is 1. The molecule has 1 aliphatic rings. The van der Waals surface area contributed by atoms with Crippen LogP contribution < -0.4 is 15.0 Å². The van der Waals surface area contributed by atoms with E-state index in [1.807, 2.05) is 4.90 Å². The first kappa shape index (κ1) is 14.9. The lowest BCUT2D eigenvalue weighted by molar-refractivity contribution is -0.274. The van der Waals surface area contributed by atoms with Crippen molar-refractivity contribution >= 4 is 18.1 Å². The summed E-state index contributed by atoms with van der Waals surface area (Å²) in [6, 6.07) is 6.07. The third-order valence-corrected chi connectivity index (χ3v) is 2.53. The topological polar surface area (TPSA) is 24.5 Å². The van der Waals surface area contributed by atoms with Gasteiger partial charge < -0.3 is 15.0 Å². The van der Waals surface area contributed by atoms with Crippen LogP contribution in [-0.2, 0) is 0 Å². The number of rotatable bonds is 2. The van der Waals surface area contributed by atoms with Crippen LogP contribution in [0.3, 0.4) is 0 Å². The molecule has 0 unspecified atom stereocenters. The summed E-state index contributed by atoms with van der Waals surface area (Å²) in [5.74, 6) is -0.173. The molecule has 102 valence electrons. The Morgan fingerprint density at radius 3 is 2.44 bits per heavy atom. The summed E-state index contributed by atoms with van der Waals surface area (Å²) in [5.41, 5.74) is 0.758. The molecule has 0 saturated carbocycles. The highest BCUT2D eigenvalue weighted by Crippen LogP contribution is 2.26. The van der Waals surface area contributed by atoms with Gasteiger partial charge in [-0.3, -0.25) is 0 Å². The van der Waals surface area contributed by atoms with Crippen LogP contribution in [0, 0.1) is 0 Å². The molecule has 0 spiro atoms. The van der Waals surface area contributed by atoms with Crippen molar-refractivity contribution in [3.8, 4) is 5.75 Å². The highest BCUT2D eigenvalue weighted by Gasteiger charge is 2.31. The molecule has 2 rings (SSSR count). The molecule has 0 amide bonds. The molecule has 1 saturated heterocycles. The SMILES string of the molecule is Cl.FC(F)(F)Oc1cccc(N2CCNCC2)c1. The Bertz CT molecular complexity index is 381. The molecule has 18 heavy (non-hydrogen) atoms. The van der Waals surface area contributed by atoms with E-state index < -0.39 is 6.36 Å². The summed E-state index contributed by atoms with van der Waals surface area (Å²) in [7, 11) is 0. The van der Waals surface area contributed by atoms with Gasteiger partial charge in [0.1, 0.15) is 5.75 Å². The van der Waals surface area contributed by atoms with Gasteiger partial charge >= 0.3 is 6.36 Å². The van der Waals surface area contributed by atoms with Crippen molar-refractivity contribution in [2.45, 2.75) is 6.36 Å². The molecule has 1 aliphatic heterocycles. The van der Waals surface area contributed by atoms with Crippen molar-refractivity contribution in [1.82, 2.24) is 5.32 Å². The third kappa shape index (κ3) is 4.27. The maximum Gasteiger partial charge on any atom is 0.573 e. The quantitative estimate of drug-likeness (QED) is 0.902. The van der Waals surface area contributed by atoms with Crippen LogP contribution in [0.5, 0.6) is 5.75 Å².